The number of hydrogen-bond donors (Lipinski definition) is 1. The van der Waals surface area contributed by atoms with Gasteiger partial charge in [-0.15, -0.1) is 0 Å². The molecule has 0 unspecified atom stereocenters. The predicted molar refractivity (Wildman–Crippen MR) is 118 cm³/mol. The number of aryl methyl sites for hydroxylation is 1. The van der Waals surface area contributed by atoms with Crippen molar-refractivity contribution in [3.05, 3.63) is 82.4 Å². The zero-order valence-corrected chi connectivity index (χ0v) is 17.6. The molecule has 0 aliphatic heterocycles. The molecule has 0 saturated heterocycles. The Morgan fingerprint density at radius 1 is 1.04 bits per heavy atom. The van der Waals surface area contributed by atoms with Gasteiger partial charge in [0.05, 0.1) is 0 Å². The topological polar surface area (TPSA) is 37.3 Å². The number of carboxylic acids is 1. The van der Waals surface area contributed by atoms with Crippen LogP contribution in [-0.4, -0.2) is 11.1 Å². The van der Waals surface area contributed by atoms with Crippen molar-refractivity contribution in [1.82, 2.24) is 0 Å². The molecule has 0 aromatic heterocycles. The third-order valence-electron chi connectivity index (χ3n) is 6.18. The Labute approximate surface area is 168 Å². The first-order valence-electron chi connectivity index (χ1n) is 9.88. The molecule has 0 fully saturated rings. The lowest BCUT2D eigenvalue weighted by molar-refractivity contribution is -0.131. The number of fused-ring (bicyclic) bond motifs is 1. The van der Waals surface area contributed by atoms with Crippen LogP contribution in [-0.2, 0) is 15.6 Å². The fourth-order valence-corrected chi connectivity index (χ4v) is 4.20. The van der Waals surface area contributed by atoms with E-state index in [0.717, 1.165) is 22.8 Å². The second-order valence-electron chi connectivity index (χ2n) is 9.26. The minimum atomic E-state index is -0.945. The second-order valence-corrected chi connectivity index (χ2v) is 9.26. The van der Waals surface area contributed by atoms with Crippen LogP contribution < -0.4 is 0 Å². The van der Waals surface area contributed by atoms with E-state index in [0.29, 0.717) is 0 Å². The monoisotopic (exact) mass is 374 g/mol. The van der Waals surface area contributed by atoms with E-state index in [1.165, 1.54) is 35.1 Å². The van der Waals surface area contributed by atoms with Crippen molar-refractivity contribution in [2.24, 2.45) is 0 Å². The molecule has 146 valence electrons. The fourth-order valence-electron chi connectivity index (χ4n) is 4.20. The Bertz CT molecular complexity index is 974. The van der Waals surface area contributed by atoms with Gasteiger partial charge in [0.15, 0.2) is 0 Å². The first-order valence-corrected chi connectivity index (χ1v) is 9.88. The molecule has 0 saturated carbocycles. The number of aliphatic carboxylic acids is 1. The molecule has 2 aromatic rings. The van der Waals surface area contributed by atoms with Crippen LogP contribution in [0.3, 0.4) is 0 Å². The van der Waals surface area contributed by atoms with Gasteiger partial charge >= 0.3 is 5.97 Å². The Morgan fingerprint density at radius 2 is 1.64 bits per heavy atom. The summed E-state index contributed by atoms with van der Waals surface area (Å²) in [5.41, 5.74) is 8.48. The number of benzene rings is 2. The lowest BCUT2D eigenvalue weighted by atomic mass is 9.62. The molecule has 0 heterocycles. The Hall–Kier alpha value is -2.61. The van der Waals surface area contributed by atoms with Gasteiger partial charge in [-0.3, -0.25) is 0 Å². The molecule has 0 atom stereocenters. The highest BCUT2D eigenvalue weighted by Gasteiger charge is 2.37. The van der Waals surface area contributed by atoms with Crippen LogP contribution in [0, 0.1) is 6.92 Å². The summed E-state index contributed by atoms with van der Waals surface area (Å²) in [7, 11) is 0. The van der Waals surface area contributed by atoms with Gasteiger partial charge in [0.1, 0.15) is 0 Å². The van der Waals surface area contributed by atoms with Crippen molar-refractivity contribution < 1.29 is 9.90 Å². The molecule has 2 nitrogen and oxygen atoms in total. The molecule has 2 aromatic carbocycles. The van der Waals surface area contributed by atoms with Gasteiger partial charge in [-0.1, -0.05) is 64.6 Å². The Balaban J connectivity index is 2.07. The lowest BCUT2D eigenvalue weighted by Gasteiger charge is -2.42. The molecule has 1 N–H and O–H groups in total. The van der Waals surface area contributed by atoms with Crippen molar-refractivity contribution in [2.75, 3.05) is 0 Å². The quantitative estimate of drug-likeness (QED) is 0.620. The van der Waals surface area contributed by atoms with Crippen LogP contribution in [0.15, 0.2) is 49.1 Å². The van der Waals surface area contributed by atoms with Crippen LogP contribution >= 0.6 is 0 Å². The third kappa shape index (κ3) is 3.82. The predicted octanol–water partition coefficient (Wildman–Crippen LogP) is 6.50. The highest BCUT2D eigenvalue weighted by Crippen LogP contribution is 2.47. The summed E-state index contributed by atoms with van der Waals surface area (Å²) in [6.45, 7) is 15.9. The van der Waals surface area contributed by atoms with Gasteiger partial charge in [0.2, 0.25) is 0 Å². The summed E-state index contributed by atoms with van der Waals surface area (Å²) in [4.78, 5) is 10.8. The lowest BCUT2D eigenvalue weighted by Crippen LogP contribution is -2.34. The fraction of sp³-hybridized carbons (Fsp3) is 0.346. The summed E-state index contributed by atoms with van der Waals surface area (Å²) < 4.78 is 0. The second kappa shape index (κ2) is 7.09. The van der Waals surface area contributed by atoms with Crippen molar-refractivity contribution in [3.63, 3.8) is 0 Å². The summed E-state index contributed by atoms with van der Waals surface area (Å²) in [5.74, 6) is -0.945. The summed E-state index contributed by atoms with van der Waals surface area (Å²) >= 11 is 0. The van der Waals surface area contributed by atoms with E-state index in [2.05, 4.69) is 53.3 Å². The van der Waals surface area contributed by atoms with Crippen LogP contribution in [0.5, 0.6) is 0 Å². The summed E-state index contributed by atoms with van der Waals surface area (Å²) in [6, 6.07) is 12.6. The van der Waals surface area contributed by atoms with Crippen molar-refractivity contribution in [2.45, 2.75) is 58.3 Å². The smallest absolute Gasteiger partial charge is 0.328 e. The Morgan fingerprint density at radius 3 is 2.25 bits per heavy atom. The number of carboxylic acid groups (broad SMARTS) is 1. The van der Waals surface area contributed by atoms with Crippen molar-refractivity contribution in [3.8, 4) is 0 Å². The van der Waals surface area contributed by atoms with E-state index in [-0.39, 0.29) is 10.8 Å². The molecule has 2 heteroatoms. The highest BCUT2D eigenvalue weighted by atomic mass is 16.4. The average molecular weight is 375 g/mol. The molecule has 0 bridgehead atoms. The van der Waals surface area contributed by atoms with Crippen LogP contribution in [0.4, 0.5) is 0 Å². The first kappa shape index (κ1) is 20.1. The van der Waals surface area contributed by atoms with Gasteiger partial charge in [0, 0.05) is 6.08 Å². The van der Waals surface area contributed by atoms with E-state index in [9.17, 15) is 4.79 Å². The molecule has 0 radical (unpaired) electrons. The molecule has 1 aliphatic carbocycles. The number of carbonyl (C=O) groups is 1. The maximum Gasteiger partial charge on any atom is 0.328 e. The number of rotatable bonds is 4. The average Bonchev–Trinajstić information content (AvgIpc) is 2.63. The summed E-state index contributed by atoms with van der Waals surface area (Å²) in [5, 5.41) is 8.87. The third-order valence-corrected chi connectivity index (χ3v) is 6.18. The largest absolute Gasteiger partial charge is 0.478 e. The standard InChI is InChI=1S/C26H30O2/c1-17-14-22-23(26(5,6)13-12-25(22,3)4)16-21(17)18(2)20-9-7-8-19(15-20)10-11-24(27)28/h7-11,14-16H,2,12-13H2,1,3-6H3,(H,27,28)/b11-10+. The molecule has 0 amide bonds. The van der Waals surface area contributed by atoms with Gasteiger partial charge in [-0.2, -0.15) is 0 Å². The molecule has 3 rings (SSSR count). The van der Waals surface area contributed by atoms with Crippen LogP contribution in [0.1, 0.15) is 73.9 Å². The molecule has 28 heavy (non-hydrogen) atoms. The first-order chi connectivity index (χ1) is 13.0. The van der Waals surface area contributed by atoms with Gasteiger partial charge in [-0.25, -0.2) is 4.79 Å². The maximum atomic E-state index is 10.8. The normalized spacial score (nSPS) is 17.3. The number of hydrogen-bond acceptors (Lipinski definition) is 1. The van der Waals surface area contributed by atoms with Gasteiger partial charge in [0.25, 0.3) is 0 Å². The zero-order valence-electron chi connectivity index (χ0n) is 17.6. The van der Waals surface area contributed by atoms with E-state index in [1.807, 2.05) is 24.3 Å². The minimum absolute atomic E-state index is 0.152. The zero-order chi connectivity index (χ0) is 20.7. The van der Waals surface area contributed by atoms with Gasteiger partial charge in [-0.05, 0) is 81.7 Å². The van der Waals surface area contributed by atoms with E-state index >= 15 is 0 Å². The van der Waals surface area contributed by atoms with E-state index in [1.54, 1.807) is 6.08 Å². The van der Waals surface area contributed by atoms with Gasteiger partial charge < -0.3 is 5.11 Å². The van der Waals surface area contributed by atoms with E-state index < -0.39 is 5.97 Å². The molecule has 0 spiro atoms. The molecular weight excluding hydrogens is 344 g/mol. The maximum absolute atomic E-state index is 10.8. The molecular formula is C26H30O2. The SMILES string of the molecule is C=C(c1cccc(/C=C/C(=O)O)c1)c1cc2c(cc1C)C(C)(C)CCC2(C)C. The Kier molecular flexibility index (Phi) is 5.10. The van der Waals surface area contributed by atoms with Crippen molar-refractivity contribution in [1.29, 1.82) is 0 Å². The van der Waals surface area contributed by atoms with E-state index in [4.69, 9.17) is 5.11 Å². The highest BCUT2D eigenvalue weighted by molar-refractivity contribution is 5.86. The van der Waals surface area contributed by atoms with Crippen LogP contribution in [0.2, 0.25) is 0 Å². The van der Waals surface area contributed by atoms with Crippen LogP contribution in [0.25, 0.3) is 11.6 Å². The summed E-state index contributed by atoms with van der Waals surface area (Å²) in [6.07, 6.45) is 5.16. The molecule has 1 aliphatic rings. The van der Waals surface area contributed by atoms with Crippen molar-refractivity contribution >= 4 is 17.6 Å². The minimum Gasteiger partial charge on any atom is -0.478 e.